The summed E-state index contributed by atoms with van der Waals surface area (Å²) in [5, 5.41) is 0. The summed E-state index contributed by atoms with van der Waals surface area (Å²) in [6.45, 7) is 1.52. The number of Topliss-reactive ketones (excluding diaryl/α,β-unsaturated/α-hetero) is 1. The van der Waals surface area contributed by atoms with Gasteiger partial charge in [-0.2, -0.15) is 0 Å². The Morgan fingerprint density at radius 3 is 2.80 bits per heavy atom. The Hall–Kier alpha value is -2.43. The molecule has 20 heavy (non-hydrogen) atoms. The fraction of sp³-hybridized carbons (Fsp3) is 0.200. The number of hydrogen-bond acceptors (Lipinski definition) is 4. The molecule has 0 aliphatic heterocycles. The first kappa shape index (κ1) is 14.0. The van der Waals surface area contributed by atoms with Crippen LogP contribution in [0.5, 0.6) is 11.6 Å². The number of carbonyl (C=O) groups excluding carboxylic acids is 1. The van der Waals surface area contributed by atoms with Crippen LogP contribution in [0.15, 0.2) is 36.5 Å². The van der Waals surface area contributed by atoms with Gasteiger partial charge in [-0.3, -0.25) is 4.79 Å². The summed E-state index contributed by atoms with van der Waals surface area (Å²) < 4.78 is 24.2. The molecule has 0 radical (unpaired) electrons. The van der Waals surface area contributed by atoms with E-state index in [4.69, 9.17) is 9.47 Å². The van der Waals surface area contributed by atoms with Crippen LogP contribution in [0.3, 0.4) is 0 Å². The number of hydrogen-bond donors (Lipinski definition) is 0. The van der Waals surface area contributed by atoms with Gasteiger partial charge in [0.05, 0.1) is 18.2 Å². The Morgan fingerprint density at radius 1 is 1.35 bits per heavy atom. The molecule has 2 aromatic rings. The van der Waals surface area contributed by atoms with E-state index in [2.05, 4.69) is 4.98 Å². The van der Waals surface area contributed by atoms with Crippen molar-refractivity contribution in [2.24, 2.45) is 0 Å². The van der Waals surface area contributed by atoms with Crippen LogP contribution in [0.1, 0.15) is 22.8 Å². The average molecular weight is 275 g/mol. The highest BCUT2D eigenvalue weighted by Crippen LogP contribution is 2.20. The molecule has 0 amide bonds. The molecule has 0 aliphatic rings. The zero-order chi connectivity index (χ0) is 14.5. The van der Waals surface area contributed by atoms with Crippen LogP contribution in [-0.4, -0.2) is 17.9 Å². The topological polar surface area (TPSA) is 48.4 Å². The van der Waals surface area contributed by atoms with E-state index in [9.17, 15) is 9.18 Å². The summed E-state index contributed by atoms with van der Waals surface area (Å²) in [6, 6.07) is 7.74. The number of halogens is 1. The molecule has 0 unspecified atom stereocenters. The lowest BCUT2D eigenvalue weighted by Crippen LogP contribution is -2.02. The van der Waals surface area contributed by atoms with E-state index < -0.39 is 5.82 Å². The lowest BCUT2D eigenvalue weighted by atomic mass is 10.1. The molecule has 104 valence electrons. The number of nitrogens with zero attached hydrogens (tertiary/aromatic N) is 1. The van der Waals surface area contributed by atoms with Gasteiger partial charge in [-0.05, 0) is 31.2 Å². The lowest BCUT2D eigenvalue weighted by molar-refractivity contribution is 0.101. The predicted molar refractivity (Wildman–Crippen MR) is 71.5 cm³/mol. The molecule has 0 N–H and O–H groups in total. The third-order valence-corrected chi connectivity index (χ3v) is 2.76. The van der Waals surface area contributed by atoms with Gasteiger partial charge in [0.2, 0.25) is 5.88 Å². The van der Waals surface area contributed by atoms with Crippen LogP contribution in [0, 0.1) is 5.82 Å². The third-order valence-electron chi connectivity index (χ3n) is 2.76. The van der Waals surface area contributed by atoms with Crippen molar-refractivity contribution in [3.05, 3.63) is 53.5 Å². The van der Waals surface area contributed by atoms with E-state index in [0.29, 0.717) is 11.6 Å². The highest BCUT2D eigenvalue weighted by atomic mass is 19.1. The Labute approximate surface area is 116 Å². The fourth-order valence-corrected chi connectivity index (χ4v) is 1.75. The number of methoxy groups -OCH3 is 1. The van der Waals surface area contributed by atoms with E-state index >= 15 is 0 Å². The Morgan fingerprint density at radius 2 is 2.15 bits per heavy atom. The highest BCUT2D eigenvalue weighted by molar-refractivity contribution is 5.94. The highest BCUT2D eigenvalue weighted by Gasteiger charge is 2.09. The van der Waals surface area contributed by atoms with Gasteiger partial charge < -0.3 is 9.47 Å². The number of carbonyl (C=O) groups is 1. The minimum atomic E-state index is -0.590. The SMILES string of the molecule is COc1ncccc1COc1ccc(C(C)=O)c(F)c1. The standard InChI is InChI=1S/C15H14FNO3/c1-10(18)13-6-5-12(8-14(13)16)20-9-11-4-3-7-17-15(11)19-2/h3-8H,9H2,1-2H3. The second-order valence-electron chi connectivity index (χ2n) is 4.16. The van der Waals surface area contributed by atoms with Crippen molar-refractivity contribution in [3.63, 3.8) is 0 Å². The average Bonchev–Trinajstić information content (AvgIpc) is 2.45. The molecule has 0 fully saturated rings. The molecular formula is C15H14FNO3. The number of ether oxygens (including phenoxy) is 2. The van der Waals surface area contributed by atoms with Crippen molar-refractivity contribution in [3.8, 4) is 11.6 Å². The summed E-state index contributed by atoms with van der Waals surface area (Å²) in [5.41, 5.74) is 0.808. The van der Waals surface area contributed by atoms with Crippen LogP contribution >= 0.6 is 0 Å². The molecule has 0 bridgehead atoms. The molecule has 0 spiro atoms. The predicted octanol–water partition coefficient (Wildman–Crippen LogP) is 3.01. The number of rotatable bonds is 5. The minimum absolute atomic E-state index is 0.0521. The second-order valence-corrected chi connectivity index (χ2v) is 4.16. The van der Waals surface area contributed by atoms with Gasteiger partial charge in [0.1, 0.15) is 18.2 Å². The fourth-order valence-electron chi connectivity index (χ4n) is 1.75. The molecule has 0 aliphatic carbocycles. The van der Waals surface area contributed by atoms with Gasteiger partial charge in [0, 0.05) is 12.3 Å². The summed E-state index contributed by atoms with van der Waals surface area (Å²) in [5.74, 6) is -0.0946. The van der Waals surface area contributed by atoms with Gasteiger partial charge >= 0.3 is 0 Å². The monoisotopic (exact) mass is 275 g/mol. The van der Waals surface area contributed by atoms with Crippen molar-refractivity contribution in [1.82, 2.24) is 4.98 Å². The molecule has 5 heteroatoms. The zero-order valence-electron chi connectivity index (χ0n) is 11.2. The summed E-state index contributed by atoms with van der Waals surface area (Å²) >= 11 is 0. The van der Waals surface area contributed by atoms with Gasteiger partial charge in [-0.15, -0.1) is 0 Å². The van der Waals surface area contributed by atoms with Crippen molar-refractivity contribution in [2.75, 3.05) is 7.11 Å². The van der Waals surface area contributed by atoms with Gasteiger partial charge in [0.25, 0.3) is 0 Å². The zero-order valence-corrected chi connectivity index (χ0v) is 11.2. The van der Waals surface area contributed by atoms with Crippen LogP contribution in [-0.2, 0) is 6.61 Å². The van der Waals surface area contributed by atoms with E-state index in [1.54, 1.807) is 18.3 Å². The Kier molecular flexibility index (Phi) is 4.30. The number of pyridine rings is 1. The quantitative estimate of drug-likeness (QED) is 0.787. The molecule has 1 heterocycles. The minimum Gasteiger partial charge on any atom is -0.489 e. The van der Waals surface area contributed by atoms with E-state index in [1.807, 2.05) is 6.07 Å². The molecule has 1 aromatic carbocycles. The maximum Gasteiger partial charge on any atom is 0.219 e. The molecule has 4 nitrogen and oxygen atoms in total. The largest absolute Gasteiger partial charge is 0.489 e. The Balaban J connectivity index is 2.11. The first-order valence-corrected chi connectivity index (χ1v) is 6.03. The van der Waals surface area contributed by atoms with Crippen molar-refractivity contribution < 1.29 is 18.7 Å². The first-order chi connectivity index (χ1) is 9.61. The molecule has 0 atom stereocenters. The number of benzene rings is 1. The Bertz CT molecular complexity index is 628. The molecule has 2 rings (SSSR count). The lowest BCUT2D eigenvalue weighted by Gasteiger charge is -2.09. The van der Waals surface area contributed by atoms with Crippen LogP contribution in [0.25, 0.3) is 0 Å². The summed E-state index contributed by atoms with van der Waals surface area (Å²) in [4.78, 5) is 15.2. The molecule has 1 aromatic heterocycles. The molecular weight excluding hydrogens is 261 g/mol. The first-order valence-electron chi connectivity index (χ1n) is 6.03. The number of aromatic nitrogens is 1. The van der Waals surface area contributed by atoms with Gasteiger partial charge in [0.15, 0.2) is 5.78 Å². The van der Waals surface area contributed by atoms with E-state index in [-0.39, 0.29) is 18.0 Å². The second kappa shape index (κ2) is 6.14. The van der Waals surface area contributed by atoms with Crippen LogP contribution < -0.4 is 9.47 Å². The third kappa shape index (κ3) is 3.12. The van der Waals surface area contributed by atoms with Crippen molar-refractivity contribution in [2.45, 2.75) is 13.5 Å². The van der Waals surface area contributed by atoms with E-state index in [1.165, 1.54) is 26.2 Å². The van der Waals surface area contributed by atoms with Crippen LogP contribution in [0.2, 0.25) is 0 Å². The normalized spacial score (nSPS) is 10.2. The summed E-state index contributed by atoms with van der Waals surface area (Å²) in [7, 11) is 1.52. The maximum absolute atomic E-state index is 13.6. The maximum atomic E-state index is 13.6. The van der Waals surface area contributed by atoms with Gasteiger partial charge in [-0.1, -0.05) is 0 Å². The smallest absolute Gasteiger partial charge is 0.219 e. The molecule has 0 saturated heterocycles. The van der Waals surface area contributed by atoms with Crippen molar-refractivity contribution in [1.29, 1.82) is 0 Å². The van der Waals surface area contributed by atoms with Gasteiger partial charge in [-0.25, -0.2) is 9.37 Å². The van der Waals surface area contributed by atoms with E-state index in [0.717, 1.165) is 5.56 Å². The summed E-state index contributed by atoms with van der Waals surface area (Å²) in [6.07, 6.45) is 1.61. The number of ketones is 1. The molecule has 0 saturated carbocycles. The van der Waals surface area contributed by atoms with Crippen LogP contribution in [0.4, 0.5) is 4.39 Å². The van der Waals surface area contributed by atoms with Crippen molar-refractivity contribution >= 4 is 5.78 Å².